The standard InChI is InChI=1S/C17H23ClN2S/c1-4-19-12-14-7-5-9-16(18)17(14)20(3)13(2)11-15-8-6-10-21-15/h5-10,13,19H,4,11-12H2,1-3H3. The van der Waals surface area contributed by atoms with Crippen molar-refractivity contribution in [2.24, 2.45) is 0 Å². The Morgan fingerprint density at radius 1 is 1.29 bits per heavy atom. The van der Waals surface area contributed by atoms with Gasteiger partial charge in [-0.05, 0) is 36.5 Å². The molecule has 0 aliphatic rings. The Kier molecular flexibility index (Phi) is 6.09. The Balaban J connectivity index is 2.18. The van der Waals surface area contributed by atoms with Crippen LogP contribution in [0.2, 0.25) is 5.02 Å². The van der Waals surface area contributed by atoms with E-state index in [4.69, 9.17) is 11.6 Å². The Bertz CT molecular complexity index is 554. The lowest BCUT2D eigenvalue weighted by Gasteiger charge is -2.30. The highest BCUT2D eigenvalue weighted by atomic mass is 35.5. The number of anilines is 1. The number of hydrogen-bond acceptors (Lipinski definition) is 3. The third-order valence-corrected chi connectivity index (χ3v) is 4.93. The van der Waals surface area contributed by atoms with E-state index in [9.17, 15) is 0 Å². The Morgan fingerprint density at radius 3 is 2.76 bits per heavy atom. The molecule has 2 aromatic rings. The first-order chi connectivity index (χ1) is 10.1. The van der Waals surface area contributed by atoms with Crippen LogP contribution in [-0.2, 0) is 13.0 Å². The highest BCUT2D eigenvalue weighted by Crippen LogP contribution is 2.31. The summed E-state index contributed by atoms with van der Waals surface area (Å²) in [5.74, 6) is 0. The lowest BCUT2D eigenvalue weighted by atomic mass is 10.1. The summed E-state index contributed by atoms with van der Waals surface area (Å²) in [6, 6.07) is 10.9. The van der Waals surface area contributed by atoms with Gasteiger partial charge in [0.1, 0.15) is 0 Å². The average molecular weight is 323 g/mol. The van der Waals surface area contributed by atoms with Gasteiger partial charge < -0.3 is 10.2 Å². The fourth-order valence-electron chi connectivity index (χ4n) is 2.43. The summed E-state index contributed by atoms with van der Waals surface area (Å²) in [5, 5.41) is 6.35. The molecule has 0 fully saturated rings. The van der Waals surface area contributed by atoms with Crippen LogP contribution in [-0.4, -0.2) is 19.6 Å². The van der Waals surface area contributed by atoms with E-state index in [1.165, 1.54) is 10.4 Å². The summed E-state index contributed by atoms with van der Waals surface area (Å²) in [5.41, 5.74) is 2.40. The highest BCUT2D eigenvalue weighted by Gasteiger charge is 2.17. The zero-order chi connectivity index (χ0) is 15.2. The van der Waals surface area contributed by atoms with Gasteiger partial charge in [-0.2, -0.15) is 0 Å². The van der Waals surface area contributed by atoms with Gasteiger partial charge in [-0.3, -0.25) is 0 Å². The van der Waals surface area contributed by atoms with Gasteiger partial charge in [-0.15, -0.1) is 11.3 Å². The first-order valence-electron chi connectivity index (χ1n) is 7.36. The lowest BCUT2D eigenvalue weighted by Crippen LogP contribution is -2.32. The molecule has 0 bridgehead atoms. The van der Waals surface area contributed by atoms with Crippen LogP contribution < -0.4 is 10.2 Å². The molecule has 2 nitrogen and oxygen atoms in total. The van der Waals surface area contributed by atoms with Crippen LogP contribution in [0.5, 0.6) is 0 Å². The number of para-hydroxylation sites is 1. The topological polar surface area (TPSA) is 15.3 Å². The van der Waals surface area contributed by atoms with Crippen LogP contribution in [0.3, 0.4) is 0 Å². The lowest BCUT2D eigenvalue weighted by molar-refractivity contribution is 0.675. The summed E-state index contributed by atoms with van der Waals surface area (Å²) in [6.45, 7) is 6.18. The minimum Gasteiger partial charge on any atom is -0.370 e. The summed E-state index contributed by atoms with van der Waals surface area (Å²) in [7, 11) is 2.13. The van der Waals surface area contributed by atoms with Crippen LogP contribution in [0.25, 0.3) is 0 Å². The number of nitrogens with zero attached hydrogens (tertiary/aromatic N) is 1. The summed E-state index contributed by atoms with van der Waals surface area (Å²) >= 11 is 8.28. The van der Waals surface area contributed by atoms with Crippen molar-refractivity contribution in [3.63, 3.8) is 0 Å². The van der Waals surface area contributed by atoms with E-state index in [-0.39, 0.29) is 0 Å². The van der Waals surface area contributed by atoms with Crippen LogP contribution in [0.15, 0.2) is 35.7 Å². The second-order valence-corrected chi connectivity index (χ2v) is 6.71. The van der Waals surface area contributed by atoms with Crippen LogP contribution in [0.4, 0.5) is 5.69 Å². The molecular formula is C17H23ClN2S. The van der Waals surface area contributed by atoms with E-state index >= 15 is 0 Å². The molecule has 0 amide bonds. The number of hydrogen-bond donors (Lipinski definition) is 1. The van der Waals surface area contributed by atoms with E-state index in [1.54, 1.807) is 0 Å². The molecule has 21 heavy (non-hydrogen) atoms. The number of halogens is 1. The maximum absolute atomic E-state index is 6.46. The minimum absolute atomic E-state index is 0.406. The molecule has 4 heteroatoms. The molecule has 0 spiro atoms. The molecule has 2 rings (SSSR count). The molecule has 1 N–H and O–H groups in total. The van der Waals surface area contributed by atoms with Crippen molar-refractivity contribution in [1.29, 1.82) is 0 Å². The molecule has 114 valence electrons. The van der Waals surface area contributed by atoms with Gasteiger partial charge in [0, 0.05) is 30.9 Å². The highest BCUT2D eigenvalue weighted by molar-refractivity contribution is 7.09. The molecule has 1 heterocycles. The SMILES string of the molecule is CCNCc1cccc(Cl)c1N(C)C(C)Cc1cccs1. The Hall–Kier alpha value is -1.03. The molecule has 0 aliphatic heterocycles. The molecule has 0 saturated heterocycles. The van der Waals surface area contributed by atoms with Crippen molar-refractivity contribution in [1.82, 2.24) is 5.32 Å². The van der Waals surface area contributed by atoms with Gasteiger partial charge in [0.15, 0.2) is 0 Å². The second kappa shape index (κ2) is 7.83. The summed E-state index contributed by atoms with van der Waals surface area (Å²) in [6.07, 6.45) is 1.04. The fourth-order valence-corrected chi connectivity index (χ4v) is 3.59. The van der Waals surface area contributed by atoms with E-state index < -0.39 is 0 Å². The summed E-state index contributed by atoms with van der Waals surface area (Å²) in [4.78, 5) is 3.71. The van der Waals surface area contributed by atoms with Crippen molar-refractivity contribution >= 4 is 28.6 Å². The second-order valence-electron chi connectivity index (χ2n) is 5.27. The third kappa shape index (κ3) is 4.22. The van der Waals surface area contributed by atoms with Gasteiger partial charge >= 0.3 is 0 Å². The average Bonchev–Trinajstić information content (AvgIpc) is 2.97. The van der Waals surface area contributed by atoms with E-state index in [1.807, 2.05) is 23.5 Å². The molecule has 0 saturated carbocycles. The number of nitrogens with one attached hydrogen (secondary N) is 1. The third-order valence-electron chi connectivity index (χ3n) is 3.73. The quantitative estimate of drug-likeness (QED) is 0.802. The molecule has 1 aromatic carbocycles. The number of benzene rings is 1. The van der Waals surface area contributed by atoms with Crippen molar-refractivity contribution in [2.75, 3.05) is 18.5 Å². The van der Waals surface area contributed by atoms with Gasteiger partial charge in [0.05, 0.1) is 10.7 Å². The number of thiophene rings is 1. The van der Waals surface area contributed by atoms with Crippen molar-refractivity contribution in [3.8, 4) is 0 Å². The fraction of sp³-hybridized carbons (Fsp3) is 0.412. The molecule has 1 unspecified atom stereocenters. The summed E-state index contributed by atoms with van der Waals surface area (Å²) < 4.78 is 0. The van der Waals surface area contributed by atoms with Crippen molar-refractivity contribution < 1.29 is 0 Å². The van der Waals surface area contributed by atoms with Crippen molar-refractivity contribution in [3.05, 3.63) is 51.2 Å². The molecule has 1 aromatic heterocycles. The van der Waals surface area contributed by atoms with Gasteiger partial charge in [-0.25, -0.2) is 0 Å². The monoisotopic (exact) mass is 322 g/mol. The largest absolute Gasteiger partial charge is 0.370 e. The maximum Gasteiger partial charge on any atom is 0.0642 e. The molecule has 1 atom stereocenters. The van der Waals surface area contributed by atoms with Crippen LogP contribution in [0.1, 0.15) is 24.3 Å². The maximum atomic E-state index is 6.46. The molecule has 0 radical (unpaired) electrons. The zero-order valence-corrected chi connectivity index (χ0v) is 14.5. The van der Waals surface area contributed by atoms with Crippen LogP contribution >= 0.6 is 22.9 Å². The smallest absolute Gasteiger partial charge is 0.0642 e. The van der Waals surface area contributed by atoms with Crippen LogP contribution in [0, 0.1) is 0 Å². The molecule has 0 aliphatic carbocycles. The van der Waals surface area contributed by atoms with Gasteiger partial charge in [-0.1, -0.05) is 36.7 Å². The van der Waals surface area contributed by atoms with Gasteiger partial charge in [0.25, 0.3) is 0 Å². The predicted molar refractivity (Wildman–Crippen MR) is 94.7 cm³/mol. The van der Waals surface area contributed by atoms with E-state index in [0.29, 0.717) is 6.04 Å². The first kappa shape index (κ1) is 16.3. The van der Waals surface area contributed by atoms with Crippen molar-refractivity contribution in [2.45, 2.75) is 32.9 Å². The van der Waals surface area contributed by atoms with E-state index in [0.717, 1.165) is 30.2 Å². The molecular weight excluding hydrogens is 300 g/mol. The number of rotatable bonds is 7. The normalized spacial score (nSPS) is 12.4. The first-order valence-corrected chi connectivity index (χ1v) is 8.62. The number of likely N-dealkylation sites (N-methyl/N-ethyl adjacent to an activating group) is 1. The Labute approximate surface area is 136 Å². The zero-order valence-electron chi connectivity index (χ0n) is 12.9. The van der Waals surface area contributed by atoms with Gasteiger partial charge in [0.2, 0.25) is 0 Å². The minimum atomic E-state index is 0.406. The Morgan fingerprint density at radius 2 is 2.10 bits per heavy atom. The predicted octanol–water partition coefficient (Wildman–Crippen LogP) is 4.58. The van der Waals surface area contributed by atoms with E-state index in [2.05, 4.69) is 54.7 Å².